The lowest BCUT2D eigenvalue weighted by Crippen LogP contribution is -2.14. The van der Waals surface area contributed by atoms with E-state index in [0.717, 1.165) is 0 Å². The third-order valence-corrected chi connectivity index (χ3v) is 3.08. The number of para-hydroxylation sites is 1. The average Bonchev–Trinajstić information content (AvgIpc) is 2.42. The van der Waals surface area contributed by atoms with Gasteiger partial charge in [-0.1, -0.05) is 23.7 Å². The third-order valence-electron chi connectivity index (χ3n) is 2.35. The van der Waals surface area contributed by atoms with Gasteiger partial charge in [-0.25, -0.2) is 4.98 Å². The van der Waals surface area contributed by atoms with E-state index in [1.165, 1.54) is 6.20 Å². The van der Waals surface area contributed by atoms with E-state index in [-0.39, 0.29) is 10.7 Å². The van der Waals surface area contributed by atoms with Crippen molar-refractivity contribution in [3.05, 3.63) is 57.3 Å². The van der Waals surface area contributed by atoms with Crippen LogP contribution in [0, 0.1) is 11.3 Å². The molecule has 0 spiro atoms. The molecule has 0 atom stereocenters. The van der Waals surface area contributed by atoms with E-state index in [1.54, 1.807) is 30.3 Å². The van der Waals surface area contributed by atoms with Gasteiger partial charge in [-0.05, 0) is 34.1 Å². The number of amides is 1. The Balaban J connectivity index is 2.31. The fourth-order valence-corrected chi connectivity index (χ4v) is 1.98. The molecule has 1 amide bonds. The van der Waals surface area contributed by atoms with Gasteiger partial charge in [-0.3, -0.25) is 4.79 Å². The predicted molar refractivity (Wildman–Crippen MR) is 76.1 cm³/mol. The van der Waals surface area contributed by atoms with Crippen molar-refractivity contribution in [3.63, 3.8) is 0 Å². The molecule has 0 saturated carbocycles. The molecule has 1 aromatic carbocycles. The molecule has 1 heterocycles. The van der Waals surface area contributed by atoms with Crippen LogP contribution in [0.4, 0.5) is 5.69 Å². The van der Waals surface area contributed by atoms with Gasteiger partial charge in [0.2, 0.25) is 0 Å². The van der Waals surface area contributed by atoms with Gasteiger partial charge in [0.05, 0.1) is 16.8 Å². The molecule has 0 unspecified atom stereocenters. The molecular weight excluding hydrogens is 330 g/mol. The maximum absolute atomic E-state index is 12.1. The van der Waals surface area contributed by atoms with Crippen LogP contribution in [0.1, 0.15) is 15.9 Å². The van der Waals surface area contributed by atoms with Crippen LogP contribution in [0.15, 0.2) is 41.0 Å². The number of hydrogen-bond donors (Lipinski definition) is 1. The summed E-state index contributed by atoms with van der Waals surface area (Å²) in [6, 6.07) is 10.3. The standard InChI is InChI=1S/C13H7BrClN3O/c14-9-5-10(12(15)17-7-9)13(19)18-11-4-2-1-3-8(11)6-16/h1-5,7H,(H,18,19). The monoisotopic (exact) mass is 335 g/mol. The molecule has 1 aromatic heterocycles. The van der Waals surface area contributed by atoms with Crippen LogP contribution in [0.2, 0.25) is 5.15 Å². The molecule has 2 rings (SSSR count). The molecule has 19 heavy (non-hydrogen) atoms. The van der Waals surface area contributed by atoms with E-state index in [1.807, 2.05) is 6.07 Å². The van der Waals surface area contributed by atoms with E-state index in [9.17, 15) is 4.79 Å². The molecule has 6 heteroatoms. The number of benzene rings is 1. The number of nitriles is 1. The normalized spacial score (nSPS) is 9.74. The predicted octanol–water partition coefficient (Wildman–Crippen LogP) is 3.62. The van der Waals surface area contributed by atoms with Crippen LogP contribution in [-0.2, 0) is 0 Å². The Labute approximate surface area is 123 Å². The fraction of sp³-hybridized carbons (Fsp3) is 0. The lowest BCUT2D eigenvalue weighted by Gasteiger charge is -2.07. The number of carbonyl (C=O) groups excluding carboxylic acids is 1. The second-order valence-electron chi connectivity index (χ2n) is 3.60. The largest absolute Gasteiger partial charge is 0.321 e. The summed E-state index contributed by atoms with van der Waals surface area (Å²) in [4.78, 5) is 16.0. The summed E-state index contributed by atoms with van der Waals surface area (Å²) >= 11 is 9.10. The minimum absolute atomic E-state index is 0.107. The molecule has 4 nitrogen and oxygen atoms in total. The van der Waals surface area contributed by atoms with Gasteiger partial charge in [0.15, 0.2) is 0 Å². The van der Waals surface area contributed by atoms with E-state index in [2.05, 4.69) is 26.2 Å². The smallest absolute Gasteiger partial charge is 0.258 e. The number of halogens is 2. The molecule has 0 aliphatic rings. The Morgan fingerprint density at radius 1 is 1.42 bits per heavy atom. The van der Waals surface area contributed by atoms with Crippen molar-refractivity contribution in [2.75, 3.05) is 5.32 Å². The van der Waals surface area contributed by atoms with Crippen molar-refractivity contribution in [2.24, 2.45) is 0 Å². The summed E-state index contributed by atoms with van der Waals surface area (Å²) in [5.41, 5.74) is 1.06. The number of carbonyl (C=O) groups is 1. The Bertz CT molecular complexity index is 682. The van der Waals surface area contributed by atoms with Crippen LogP contribution in [0.25, 0.3) is 0 Å². The number of hydrogen-bond acceptors (Lipinski definition) is 3. The molecule has 0 saturated heterocycles. The van der Waals surface area contributed by atoms with E-state index in [4.69, 9.17) is 16.9 Å². The minimum atomic E-state index is -0.415. The van der Waals surface area contributed by atoms with Crippen LogP contribution < -0.4 is 5.32 Å². The minimum Gasteiger partial charge on any atom is -0.321 e. The number of anilines is 1. The van der Waals surface area contributed by atoms with Crippen LogP contribution in [0.5, 0.6) is 0 Å². The SMILES string of the molecule is N#Cc1ccccc1NC(=O)c1cc(Br)cnc1Cl. The maximum atomic E-state index is 12.1. The second-order valence-corrected chi connectivity index (χ2v) is 4.88. The van der Waals surface area contributed by atoms with Gasteiger partial charge in [0.1, 0.15) is 11.2 Å². The number of pyridine rings is 1. The summed E-state index contributed by atoms with van der Waals surface area (Å²) in [6.07, 6.45) is 1.50. The lowest BCUT2D eigenvalue weighted by atomic mass is 10.2. The van der Waals surface area contributed by atoms with Gasteiger partial charge in [-0.2, -0.15) is 5.26 Å². The molecule has 1 N–H and O–H groups in total. The lowest BCUT2D eigenvalue weighted by molar-refractivity contribution is 0.102. The first-order valence-electron chi connectivity index (χ1n) is 5.23. The molecule has 2 aromatic rings. The third kappa shape index (κ3) is 3.11. The summed E-state index contributed by atoms with van der Waals surface area (Å²) in [5, 5.41) is 11.7. The van der Waals surface area contributed by atoms with E-state index >= 15 is 0 Å². The Hall–Kier alpha value is -1.90. The van der Waals surface area contributed by atoms with Crippen molar-refractivity contribution >= 4 is 39.1 Å². The fourth-order valence-electron chi connectivity index (χ4n) is 1.46. The van der Waals surface area contributed by atoms with Gasteiger partial charge >= 0.3 is 0 Å². The summed E-state index contributed by atoms with van der Waals surface area (Å²) in [7, 11) is 0. The zero-order valence-electron chi connectivity index (χ0n) is 9.52. The highest BCUT2D eigenvalue weighted by molar-refractivity contribution is 9.10. The highest BCUT2D eigenvalue weighted by Gasteiger charge is 2.13. The maximum Gasteiger partial charge on any atom is 0.258 e. The highest BCUT2D eigenvalue weighted by Crippen LogP contribution is 2.20. The number of rotatable bonds is 2. The second kappa shape index (κ2) is 5.83. The first kappa shape index (κ1) is 13.5. The average molecular weight is 337 g/mol. The van der Waals surface area contributed by atoms with E-state index in [0.29, 0.717) is 15.7 Å². The highest BCUT2D eigenvalue weighted by atomic mass is 79.9. The Kier molecular flexibility index (Phi) is 4.15. The molecule has 0 bridgehead atoms. The van der Waals surface area contributed by atoms with Crippen molar-refractivity contribution in [2.45, 2.75) is 0 Å². The van der Waals surface area contributed by atoms with Crippen LogP contribution in [-0.4, -0.2) is 10.9 Å². The van der Waals surface area contributed by atoms with E-state index < -0.39 is 5.91 Å². The van der Waals surface area contributed by atoms with Crippen LogP contribution >= 0.6 is 27.5 Å². The first-order valence-corrected chi connectivity index (χ1v) is 6.40. The number of nitrogens with one attached hydrogen (secondary N) is 1. The van der Waals surface area contributed by atoms with Crippen molar-refractivity contribution in [1.29, 1.82) is 5.26 Å². The number of aromatic nitrogens is 1. The Morgan fingerprint density at radius 3 is 2.89 bits per heavy atom. The summed E-state index contributed by atoms with van der Waals surface area (Å²) in [5.74, 6) is -0.415. The zero-order valence-corrected chi connectivity index (χ0v) is 11.9. The van der Waals surface area contributed by atoms with Gasteiger partial charge < -0.3 is 5.32 Å². The van der Waals surface area contributed by atoms with Crippen molar-refractivity contribution in [3.8, 4) is 6.07 Å². The molecule has 94 valence electrons. The summed E-state index contributed by atoms with van der Waals surface area (Å²) < 4.78 is 0.649. The zero-order chi connectivity index (χ0) is 13.8. The molecular formula is C13H7BrClN3O. The molecule has 0 fully saturated rings. The Morgan fingerprint density at radius 2 is 2.16 bits per heavy atom. The first-order chi connectivity index (χ1) is 9.11. The quantitative estimate of drug-likeness (QED) is 0.852. The summed E-state index contributed by atoms with van der Waals surface area (Å²) in [6.45, 7) is 0. The molecule has 0 aliphatic heterocycles. The van der Waals surface area contributed by atoms with Gasteiger partial charge in [-0.15, -0.1) is 0 Å². The topological polar surface area (TPSA) is 65.8 Å². The van der Waals surface area contributed by atoms with Gasteiger partial charge in [0.25, 0.3) is 5.91 Å². The number of nitrogens with zero attached hydrogens (tertiary/aromatic N) is 2. The van der Waals surface area contributed by atoms with Crippen molar-refractivity contribution in [1.82, 2.24) is 4.98 Å². The molecule has 0 radical (unpaired) electrons. The molecule has 0 aliphatic carbocycles. The van der Waals surface area contributed by atoms with Gasteiger partial charge in [0, 0.05) is 10.7 Å². The van der Waals surface area contributed by atoms with Crippen LogP contribution in [0.3, 0.4) is 0 Å². The van der Waals surface area contributed by atoms with Crippen molar-refractivity contribution < 1.29 is 4.79 Å².